The standard InChI is InChI=1S/C16H30O3/c1-7-11-15(17-9-3)13(5)19-14(6)16(12-8-2)18-10-4/h15-16H,5-12H2,1-4H3. The lowest BCUT2D eigenvalue weighted by atomic mass is 10.1. The minimum absolute atomic E-state index is 0.0596. The van der Waals surface area contributed by atoms with E-state index in [9.17, 15) is 0 Å². The van der Waals surface area contributed by atoms with Gasteiger partial charge >= 0.3 is 0 Å². The highest BCUT2D eigenvalue weighted by molar-refractivity contribution is 5.03. The average molecular weight is 270 g/mol. The lowest BCUT2D eigenvalue weighted by Crippen LogP contribution is -2.22. The second kappa shape index (κ2) is 11.1. The van der Waals surface area contributed by atoms with E-state index in [-0.39, 0.29) is 12.2 Å². The van der Waals surface area contributed by atoms with Crippen molar-refractivity contribution in [3.63, 3.8) is 0 Å². The lowest BCUT2D eigenvalue weighted by Gasteiger charge is -2.24. The Bertz CT molecular complexity index is 223. The molecule has 0 aliphatic carbocycles. The van der Waals surface area contributed by atoms with Crippen molar-refractivity contribution in [2.45, 2.75) is 65.6 Å². The summed E-state index contributed by atoms with van der Waals surface area (Å²) in [5.74, 6) is 1.27. The Balaban J connectivity index is 4.43. The molecule has 0 N–H and O–H groups in total. The molecule has 3 heteroatoms. The summed E-state index contributed by atoms with van der Waals surface area (Å²) in [5, 5.41) is 0. The number of hydrogen-bond acceptors (Lipinski definition) is 3. The minimum Gasteiger partial charge on any atom is -0.462 e. The van der Waals surface area contributed by atoms with Crippen LogP contribution in [0.5, 0.6) is 0 Å². The molecule has 0 radical (unpaired) electrons. The highest BCUT2D eigenvalue weighted by atomic mass is 16.6. The molecule has 0 aromatic rings. The molecule has 0 saturated carbocycles. The molecule has 0 aromatic heterocycles. The Morgan fingerprint density at radius 2 is 1.16 bits per heavy atom. The molecular weight excluding hydrogens is 240 g/mol. The van der Waals surface area contributed by atoms with E-state index < -0.39 is 0 Å². The molecule has 2 unspecified atom stereocenters. The molecule has 0 aromatic carbocycles. The highest BCUT2D eigenvalue weighted by Gasteiger charge is 2.19. The first-order valence-electron chi connectivity index (χ1n) is 7.39. The van der Waals surface area contributed by atoms with Crippen molar-refractivity contribution in [1.82, 2.24) is 0 Å². The predicted octanol–water partition coefficient (Wildman–Crippen LogP) is 4.44. The van der Waals surface area contributed by atoms with Crippen LogP contribution in [0.15, 0.2) is 24.7 Å². The largest absolute Gasteiger partial charge is 0.462 e. The van der Waals surface area contributed by atoms with Gasteiger partial charge in [0, 0.05) is 13.2 Å². The van der Waals surface area contributed by atoms with Crippen LogP contribution < -0.4 is 0 Å². The van der Waals surface area contributed by atoms with E-state index in [1.54, 1.807) is 0 Å². The molecule has 0 saturated heterocycles. The third kappa shape index (κ3) is 7.38. The maximum absolute atomic E-state index is 5.75. The molecular formula is C16H30O3. The molecule has 2 atom stereocenters. The molecule has 0 bridgehead atoms. The molecule has 0 spiro atoms. The van der Waals surface area contributed by atoms with Crippen molar-refractivity contribution in [1.29, 1.82) is 0 Å². The summed E-state index contributed by atoms with van der Waals surface area (Å²) < 4.78 is 17.0. The zero-order valence-corrected chi connectivity index (χ0v) is 13.0. The number of hydrogen-bond donors (Lipinski definition) is 0. The molecule has 0 heterocycles. The van der Waals surface area contributed by atoms with Crippen LogP contribution in [0.25, 0.3) is 0 Å². The van der Waals surface area contributed by atoms with Crippen molar-refractivity contribution in [3.05, 3.63) is 24.7 Å². The smallest absolute Gasteiger partial charge is 0.125 e. The maximum atomic E-state index is 5.75. The fourth-order valence-electron chi connectivity index (χ4n) is 1.90. The van der Waals surface area contributed by atoms with Crippen LogP contribution in [-0.2, 0) is 14.2 Å². The lowest BCUT2D eigenvalue weighted by molar-refractivity contribution is 0.0136. The summed E-state index contributed by atoms with van der Waals surface area (Å²) in [6.07, 6.45) is 3.76. The molecule has 112 valence electrons. The third-order valence-electron chi connectivity index (χ3n) is 2.82. The van der Waals surface area contributed by atoms with E-state index in [0.717, 1.165) is 25.7 Å². The normalized spacial score (nSPS) is 13.9. The fraction of sp³-hybridized carbons (Fsp3) is 0.750. The van der Waals surface area contributed by atoms with Crippen molar-refractivity contribution in [2.24, 2.45) is 0 Å². The average Bonchev–Trinajstić information content (AvgIpc) is 2.38. The van der Waals surface area contributed by atoms with Gasteiger partial charge in [0.1, 0.15) is 23.7 Å². The Kier molecular flexibility index (Phi) is 10.6. The molecule has 0 aliphatic heterocycles. The number of rotatable bonds is 12. The van der Waals surface area contributed by atoms with Gasteiger partial charge in [-0.3, -0.25) is 0 Å². The summed E-state index contributed by atoms with van der Waals surface area (Å²) in [4.78, 5) is 0. The van der Waals surface area contributed by atoms with Gasteiger partial charge in [-0.25, -0.2) is 0 Å². The van der Waals surface area contributed by atoms with Gasteiger partial charge in [-0.05, 0) is 26.7 Å². The van der Waals surface area contributed by atoms with Crippen LogP contribution in [0.1, 0.15) is 53.4 Å². The van der Waals surface area contributed by atoms with Gasteiger partial charge < -0.3 is 14.2 Å². The minimum atomic E-state index is -0.0596. The Hall–Kier alpha value is -0.800. The van der Waals surface area contributed by atoms with Crippen LogP contribution in [0, 0.1) is 0 Å². The Morgan fingerprint density at radius 3 is 1.42 bits per heavy atom. The summed E-state index contributed by atoms with van der Waals surface area (Å²) in [5.41, 5.74) is 0. The van der Waals surface area contributed by atoms with E-state index in [1.165, 1.54) is 0 Å². The summed E-state index contributed by atoms with van der Waals surface area (Å²) in [6, 6.07) is 0. The number of ether oxygens (including phenoxy) is 3. The van der Waals surface area contributed by atoms with Gasteiger partial charge in [0.2, 0.25) is 0 Å². The van der Waals surface area contributed by atoms with Crippen LogP contribution in [-0.4, -0.2) is 25.4 Å². The van der Waals surface area contributed by atoms with Crippen LogP contribution >= 0.6 is 0 Å². The van der Waals surface area contributed by atoms with Gasteiger partial charge in [0.25, 0.3) is 0 Å². The summed E-state index contributed by atoms with van der Waals surface area (Å²) >= 11 is 0. The monoisotopic (exact) mass is 270 g/mol. The van der Waals surface area contributed by atoms with Crippen LogP contribution in [0.4, 0.5) is 0 Å². The van der Waals surface area contributed by atoms with E-state index in [1.807, 2.05) is 13.8 Å². The van der Waals surface area contributed by atoms with Crippen molar-refractivity contribution < 1.29 is 14.2 Å². The van der Waals surface area contributed by atoms with E-state index >= 15 is 0 Å². The van der Waals surface area contributed by atoms with E-state index in [4.69, 9.17) is 14.2 Å². The summed E-state index contributed by atoms with van der Waals surface area (Å²) in [6.45, 7) is 17.4. The molecule has 0 rings (SSSR count). The van der Waals surface area contributed by atoms with Gasteiger partial charge in [-0.15, -0.1) is 0 Å². The zero-order chi connectivity index (χ0) is 14.7. The van der Waals surface area contributed by atoms with Crippen molar-refractivity contribution in [3.8, 4) is 0 Å². The SMILES string of the molecule is C=C(OC(=C)C(CCC)OCC)C(CCC)OCC. The highest BCUT2D eigenvalue weighted by Crippen LogP contribution is 2.20. The van der Waals surface area contributed by atoms with Crippen LogP contribution in [0.3, 0.4) is 0 Å². The van der Waals surface area contributed by atoms with E-state index in [0.29, 0.717) is 24.7 Å². The third-order valence-corrected chi connectivity index (χ3v) is 2.82. The Labute approximate surface area is 118 Å². The van der Waals surface area contributed by atoms with Gasteiger partial charge in [0.05, 0.1) is 0 Å². The molecule has 0 fully saturated rings. The Morgan fingerprint density at radius 1 is 0.789 bits per heavy atom. The molecule has 0 amide bonds. The van der Waals surface area contributed by atoms with Gasteiger partial charge in [-0.2, -0.15) is 0 Å². The van der Waals surface area contributed by atoms with Gasteiger partial charge in [-0.1, -0.05) is 39.8 Å². The van der Waals surface area contributed by atoms with Gasteiger partial charge in [0.15, 0.2) is 0 Å². The summed E-state index contributed by atoms with van der Waals surface area (Å²) in [7, 11) is 0. The molecule has 19 heavy (non-hydrogen) atoms. The topological polar surface area (TPSA) is 27.7 Å². The quantitative estimate of drug-likeness (QED) is 0.491. The van der Waals surface area contributed by atoms with Crippen molar-refractivity contribution in [2.75, 3.05) is 13.2 Å². The first kappa shape index (κ1) is 18.2. The maximum Gasteiger partial charge on any atom is 0.125 e. The zero-order valence-electron chi connectivity index (χ0n) is 13.0. The van der Waals surface area contributed by atoms with E-state index in [2.05, 4.69) is 27.0 Å². The second-order valence-electron chi connectivity index (χ2n) is 4.50. The molecule has 3 nitrogen and oxygen atoms in total. The predicted molar refractivity (Wildman–Crippen MR) is 80.0 cm³/mol. The van der Waals surface area contributed by atoms with Crippen LogP contribution in [0.2, 0.25) is 0 Å². The second-order valence-corrected chi connectivity index (χ2v) is 4.50. The first-order chi connectivity index (χ1) is 9.10. The van der Waals surface area contributed by atoms with Crippen molar-refractivity contribution >= 4 is 0 Å². The molecule has 0 aliphatic rings. The first-order valence-corrected chi connectivity index (χ1v) is 7.39. The fourth-order valence-corrected chi connectivity index (χ4v) is 1.90.